The van der Waals surface area contributed by atoms with Crippen molar-refractivity contribution >= 4 is 12.1 Å². The van der Waals surface area contributed by atoms with E-state index in [1.54, 1.807) is 0 Å². The van der Waals surface area contributed by atoms with Gasteiger partial charge in [0.1, 0.15) is 0 Å². The van der Waals surface area contributed by atoms with Crippen molar-refractivity contribution in [3.05, 3.63) is 0 Å². The van der Waals surface area contributed by atoms with E-state index in [1.165, 1.54) is 25.9 Å². The number of rotatable bonds is 6. The van der Waals surface area contributed by atoms with Crippen LogP contribution >= 0.6 is 0 Å². The molecule has 4 aliphatic rings. The van der Waals surface area contributed by atoms with Crippen LogP contribution in [-0.4, -0.2) is 109 Å². The van der Waals surface area contributed by atoms with Gasteiger partial charge in [0.2, 0.25) is 0 Å². The van der Waals surface area contributed by atoms with E-state index in [1.807, 2.05) is 9.80 Å². The number of carbonyl (C=O) groups excluding carboxylic acids is 2. The molecule has 4 heterocycles. The maximum absolute atomic E-state index is 11.5. The molecule has 172 valence electrons. The van der Waals surface area contributed by atoms with Crippen molar-refractivity contribution in [2.24, 2.45) is 0 Å². The van der Waals surface area contributed by atoms with Crippen LogP contribution in [0.5, 0.6) is 0 Å². The van der Waals surface area contributed by atoms with Crippen LogP contribution in [0, 0.1) is 0 Å². The Kier molecular flexibility index (Phi) is 9.05. The van der Waals surface area contributed by atoms with Gasteiger partial charge in [0.05, 0.1) is 0 Å². The molecular formula is C22H42N6O2. The quantitative estimate of drug-likeness (QED) is 0.684. The number of hydrogen-bond acceptors (Lipinski definition) is 4. The summed E-state index contributed by atoms with van der Waals surface area (Å²) in [7, 11) is 0. The van der Waals surface area contributed by atoms with Gasteiger partial charge in [-0.15, -0.1) is 0 Å². The molecule has 0 saturated carbocycles. The molecule has 4 saturated heterocycles. The highest BCUT2D eigenvalue weighted by Crippen LogP contribution is 2.19. The second-order valence-corrected chi connectivity index (χ2v) is 9.00. The number of amides is 4. The monoisotopic (exact) mass is 422 g/mol. The number of urea groups is 2. The van der Waals surface area contributed by atoms with Crippen molar-refractivity contribution in [1.29, 1.82) is 0 Å². The Morgan fingerprint density at radius 1 is 0.667 bits per heavy atom. The topological polar surface area (TPSA) is 71.2 Å². The molecule has 4 rings (SSSR count). The van der Waals surface area contributed by atoms with Crippen LogP contribution in [-0.2, 0) is 0 Å². The van der Waals surface area contributed by atoms with Crippen LogP contribution in [0.4, 0.5) is 9.59 Å². The molecule has 4 fully saturated rings. The summed E-state index contributed by atoms with van der Waals surface area (Å²) in [6, 6.07) is 1.26. The molecule has 0 radical (unpaired) electrons. The highest BCUT2D eigenvalue weighted by molar-refractivity contribution is 5.77. The fraction of sp³-hybridized carbons (Fsp3) is 0.909. The van der Waals surface area contributed by atoms with E-state index in [-0.39, 0.29) is 12.1 Å². The number of carbonyl (C=O) groups is 2. The van der Waals surface area contributed by atoms with Crippen LogP contribution in [0.15, 0.2) is 0 Å². The minimum Gasteiger partial charge on any atom is -0.336 e. The largest absolute Gasteiger partial charge is 0.336 e. The third-order valence-corrected chi connectivity index (χ3v) is 6.86. The number of nitrogens with zero attached hydrogens (tertiary/aromatic N) is 4. The summed E-state index contributed by atoms with van der Waals surface area (Å²) in [5.41, 5.74) is 0. The smallest absolute Gasteiger partial charge is 0.317 e. The maximum atomic E-state index is 11.5. The summed E-state index contributed by atoms with van der Waals surface area (Å²) in [5.74, 6) is 0. The van der Waals surface area contributed by atoms with Crippen molar-refractivity contribution < 1.29 is 9.59 Å². The lowest BCUT2D eigenvalue weighted by Crippen LogP contribution is -2.46. The molecule has 8 nitrogen and oxygen atoms in total. The molecule has 30 heavy (non-hydrogen) atoms. The molecule has 0 aromatic rings. The van der Waals surface area contributed by atoms with Gasteiger partial charge in [-0.2, -0.15) is 0 Å². The molecule has 2 N–H and O–H groups in total. The molecule has 0 aromatic heterocycles. The van der Waals surface area contributed by atoms with Crippen LogP contribution in [0.1, 0.15) is 52.4 Å². The summed E-state index contributed by atoms with van der Waals surface area (Å²) in [6.07, 6.45) is 7.05. The van der Waals surface area contributed by atoms with E-state index in [4.69, 9.17) is 0 Å². The van der Waals surface area contributed by atoms with Gasteiger partial charge in [0, 0.05) is 64.4 Å². The molecular weight excluding hydrogens is 380 g/mol. The Bertz CT molecular complexity index is 496. The van der Waals surface area contributed by atoms with Crippen LogP contribution < -0.4 is 10.6 Å². The van der Waals surface area contributed by atoms with Crippen molar-refractivity contribution in [2.75, 3.05) is 65.4 Å². The van der Waals surface area contributed by atoms with Crippen LogP contribution in [0.2, 0.25) is 0 Å². The Morgan fingerprint density at radius 2 is 1.03 bits per heavy atom. The summed E-state index contributed by atoms with van der Waals surface area (Å²) in [6.45, 7) is 14.9. The molecule has 0 aromatic carbocycles. The van der Waals surface area contributed by atoms with Crippen LogP contribution in [0.3, 0.4) is 0 Å². The number of piperidine rings is 2. The van der Waals surface area contributed by atoms with Gasteiger partial charge in [-0.3, -0.25) is 0 Å². The van der Waals surface area contributed by atoms with E-state index in [0.29, 0.717) is 12.1 Å². The lowest BCUT2D eigenvalue weighted by molar-refractivity contribution is 0.136. The molecule has 0 unspecified atom stereocenters. The summed E-state index contributed by atoms with van der Waals surface area (Å²) in [5, 5.41) is 5.75. The maximum Gasteiger partial charge on any atom is 0.317 e. The molecule has 0 atom stereocenters. The highest BCUT2D eigenvalue weighted by Gasteiger charge is 2.31. The second kappa shape index (κ2) is 11.7. The summed E-state index contributed by atoms with van der Waals surface area (Å²) >= 11 is 0. The summed E-state index contributed by atoms with van der Waals surface area (Å²) in [4.78, 5) is 32.0. The average Bonchev–Trinajstić information content (AvgIpc) is 3.38. The first-order chi connectivity index (χ1) is 14.6. The third kappa shape index (κ3) is 6.23. The van der Waals surface area contributed by atoms with E-state index in [9.17, 15) is 9.59 Å². The van der Waals surface area contributed by atoms with Gasteiger partial charge in [0.15, 0.2) is 0 Å². The highest BCUT2D eigenvalue weighted by atomic mass is 16.2. The zero-order chi connectivity index (χ0) is 21.3. The average molecular weight is 423 g/mol. The van der Waals surface area contributed by atoms with Gasteiger partial charge in [-0.25, -0.2) is 9.59 Å². The van der Waals surface area contributed by atoms with Crippen molar-refractivity contribution in [1.82, 2.24) is 30.2 Å². The number of hydrogen-bond donors (Lipinski definition) is 2. The Balaban J connectivity index is 0.000000171. The Hall–Kier alpha value is -1.54. The zero-order valence-corrected chi connectivity index (χ0v) is 19.1. The predicted octanol–water partition coefficient (Wildman–Crippen LogP) is 1.77. The fourth-order valence-corrected chi connectivity index (χ4v) is 5.21. The van der Waals surface area contributed by atoms with E-state index in [0.717, 1.165) is 78.0 Å². The van der Waals surface area contributed by atoms with Gasteiger partial charge < -0.3 is 30.2 Å². The number of likely N-dealkylation sites (tertiary alicyclic amines) is 2. The Labute approximate surface area is 182 Å². The Morgan fingerprint density at radius 3 is 1.30 bits per heavy atom. The van der Waals surface area contributed by atoms with E-state index >= 15 is 0 Å². The number of nitrogens with one attached hydrogen (secondary N) is 2. The second-order valence-electron chi connectivity index (χ2n) is 9.00. The first-order valence-corrected chi connectivity index (χ1v) is 12.2. The zero-order valence-electron chi connectivity index (χ0n) is 19.1. The van der Waals surface area contributed by atoms with Crippen molar-refractivity contribution in [3.8, 4) is 0 Å². The predicted molar refractivity (Wildman–Crippen MR) is 120 cm³/mol. The van der Waals surface area contributed by atoms with E-state index < -0.39 is 0 Å². The first-order valence-electron chi connectivity index (χ1n) is 12.2. The molecule has 4 aliphatic heterocycles. The van der Waals surface area contributed by atoms with E-state index in [2.05, 4.69) is 34.3 Å². The van der Waals surface area contributed by atoms with Gasteiger partial charge in [-0.1, -0.05) is 13.8 Å². The van der Waals surface area contributed by atoms with Crippen LogP contribution in [0.25, 0.3) is 0 Å². The third-order valence-electron chi connectivity index (χ3n) is 6.86. The van der Waals surface area contributed by atoms with Crippen molar-refractivity contribution in [3.63, 3.8) is 0 Å². The van der Waals surface area contributed by atoms with Gasteiger partial charge in [0.25, 0.3) is 0 Å². The first kappa shape index (κ1) is 23.1. The minimum absolute atomic E-state index is 0.143. The van der Waals surface area contributed by atoms with Crippen molar-refractivity contribution in [2.45, 2.75) is 64.5 Å². The normalized spacial score (nSPS) is 24.6. The SMILES string of the molecule is CCCN1CCC(N2CCNC2=O)CC1.CCCN1CCC(N2CCNC2=O)CC1. The lowest BCUT2D eigenvalue weighted by Gasteiger charge is -2.35. The molecule has 0 spiro atoms. The van der Waals surface area contributed by atoms with Gasteiger partial charge >= 0.3 is 12.1 Å². The molecule has 8 heteroatoms. The lowest BCUT2D eigenvalue weighted by atomic mass is 10.0. The molecule has 0 aliphatic carbocycles. The van der Waals surface area contributed by atoms with Gasteiger partial charge in [-0.05, 0) is 51.6 Å². The minimum atomic E-state index is 0.143. The molecule has 0 bridgehead atoms. The molecule has 4 amide bonds. The fourth-order valence-electron chi connectivity index (χ4n) is 5.21. The summed E-state index contributed by atoms with van der Waals surface area (Å²) < 4.78 is 0. The standard InChI is InChI=1S/2C11H21N3O/c2*1-2-6-13-7-3-10(4-8-13)14-9-5-12-11(14)15/h2*10H,2-9H2,1H3,(H,12,15).